The van der Waals surface area contributed by atoms with Gasteiger partial charge in [0, 0.05) is 6.20 Å². The van der Waals surface area contributed by atoms with Crippen LogP contribution >= 0.6 is 15.4 Å². The molecule has 4 N–H and O–H groups in total. The molecule has 0 radical (unpaired) electrons. The Bertz CT molecular complexity index is 2360. The number of hydrogen-bond acceptors (Lipinski definition) is 21. The van der Waals surface area contributed by atoms with Crippen molar-refractivity contribution in [1.29, 1.82) is 0 Å². The zero-order chi connectivity index (χ0) is 44.1. The van der Waals surface area contributed by atoms with Crippen LogP contribution < -0.4 is 11.5 Å². The lowest BCUT2D eigenvalue weighted by atomic mass is 9.98. The number of halogens is 2. The molecule has 4 aromatic rings. The third-order valence-corrected chi connectivity index (χ3v) is 12.4. The lowest BCUT2D eigenvalue weighted by Gasteiger charge is -2.28. The van der Waals surface area contributed by atoms with E-state index in [1.54, 1.807) is 41.5 Å². The summed E-state index contributed by atoms with van der Waals surface area (Å²) in [6.07, 6.45) is -10.5. The van der Waals surface area contributed by atoms with E-state index in [-0.39, 0.29) is 33.8 Å². The number of nitrogens with zero attached hydrogens (tertiary/aromatic N) is 7. The molecule has 3 aliphatic rings. The first kappa shape index (κ1) is 44.8. The van der Waals surface area contributed by atoms with Gasteiger partial charge in [-0.25, -0.2) is 42.8 Å². The van der Waals surface area contributed by atoms with Crippen molar-refractivity contribution in [3.63, 3.8) is 0 Å². The third-order valence-electron chi connectivity index (χ3n) is 9.53. The van der Waals surface area contributed by atoms with Gasteiger partial charge in [-0.15, -0.1) is 0 Å². The van der Waals surface area contributed by atoms with Crippen molar-refractivity contribution in [3.05, 3.63) is 31.2 Å². The average Bonchev–Trinajstić information content (AvgIpc) is 3.96. The summed E-state index contributed by atoms with van der Waals surface area (Å²) in [6, 6.07) is 1.48. The first-order valence-corrected chi connectivity index (χ1v) is 21.9. The van der Waals surface area contributed by atoms with Crippen molar-refractivity contribution in [2.75, 3.05) is 44.6 Å². The number of carbonyl (C=O) groups excluding carboxylic acids is 2. The van der Waals surface area contributed by atoms with Crippen LogP contribution in [0.15, 0.2) is 31.2 Å². The van der Waals surface area contributed by atoms with Crippen molar-refractivity contribution in [2.45, 2.75) is 90.8 Å². The minimum Gasteiger partial charge on any atom is -0.438 e. The largest absolute Gasteiger partial charge is 0.478 e. The Kier molecular flexibility index (Phi) is 12.6. The topological polar surface area (TPSA) is 287 Å². The minimum absolute atomic E-state index is 0.00848. The van der Waals surface area contributed by atoms with E-state index >= 15 is 8.78 Å². The Morgan fingerprint density at radius 1 is 0.787 bits per heavy atom. The number of hydrogen-bond donors (Lipinski definition) is 2. The fraction of sp³-hybridized carbons (Fsp3) is 0.618. The number of imidazole rings is 2. The van der Waals surface area contributed by atoms with Crippen molar-refractivity contribution >= 4 is 61.2 Å². The maximum atomic E-state index is 16.8. The highest BCUT2D eigenvalue weighted by Gasteiger charge is 2.54. The standard InChI is InChI=1S/C34H45F2N9O14P2/c1-33(2,3)31(46)50-14-55-60(48)16-52-24-19(58-29(21(24)36)44-13-43-23-26(38)40-11-41-28(23)44)10-54-61(49,56-15-51-32(47)34(4,5)6)59-25-20(35)18(9-53-60)57-30(25)45-12-42-22-17(37)7-8-39-27(22)45/h7-8,11-13,18-21,24-25,29-30H,9-10,14-16H2,1-6H3,(H2,37,39)(H2,38,40,41)/t18-,19-,20-,21-,24-,25-,29-,30-,60?,61?/m1/s1. The lowest BCUT2D eigenvalue weighted by Crippen LogP contribution is -2.37. The molecular formula is C34H45F2N9O14P2. The monoisotopic (exact) mass is 903 g/mol. The van der Waals surface area contributed by atoms with E-state index in [1.807, 2.05) is 0 Å². The van der Waals surface area contributed by atoms with Gasteiger partial charge in [0.1, 0.15) is 48.1 Å². The molecule has 4 aromatic heterocycles. The number of alkyl halides is 2. The van der Waals surface area contributed by atoms with Gasteiger partial charge in [0.2, 0.25) is 13.6 Å². The first-order valence-electron chi connectivity index (χ1n) is 18.7. The zero-order valence-corrected chi connectivity index (χ0v) is 35.5. The van der Waals surface area contributed by atoms with Crippen LogP contribution in [0.5, 0.6) is 0 Å². The number of nitrogen functional groups attached to an aromatic ring is 2. The first-order chi connectivity index (χ1) is 28.7. The van der Waals surface area contributed by atoms with E-state index in [9.17, 15) is 18.7 Å². The zero-order valence-electron chi connectivity index (χ0n) is 33.7. The van der Waals surface area contributed by atoms with Gasteiger partial charge in [0.05, 0.1) is 42.4 Å². The predicted molar refractivity (Wildman–Crippen MR) is 204 cm³/mol. The molecule has 2 unspecified atom stereocenters. The SMILES string of the molecule is CC(C)(C)C(=O)OCOP1(=O)CO[C@H]2[C@@H](F)[C@H](n3cnc4c(N)ncnc43)O[C@@H]2COP(=O)(OCOC(=O)C(C)(C)C)O[C@@H]2[C@H](F)[C@@H](CO1)O[C@H]2n1cnc2c(N)ccnc21. The van der Waals surface area contributed by atoms with E-state index in [0.717, 1.165) is 6.33 Å². The van der Waals surface area contributed by atoms with Gasteiger partial charge in [-0.05, 0) is 47.6 Å². The van der Waals surface area contributed by atoms with Crippen molar-refractivity contribution < 1.29 is 73.8 Å². The fourth-order valence-corrected chi connectivity index (χ4v) is 8.63. The number of fused-ring (bicyclic) bond motifs is 5. The van der Waals surface area contributed by atoms with Gasteiger partial charge in [-0.3, -0.25) is 36.9 Å². The Labute approximate surface area is 346 Å². The summed E-state index contributed by atoms with van der Waals surface area (Å²) in [4.78, 5) is 45.9. The van der Waals surface area contributed by atoms with Gasteiger partial charge in [0.15, 0.2) is 41.9 Å². The molecular weight excluding hydrogens is 858 g/mol. The summed E-state index contributed by atoms with van der Waals surface area (Å²) < 4.78 is 121. The molecule has 7 rings (SSSR count). The summed E-state index contributed by atoms with van der Waals surface area (Å²) in [7, 11) is -9.74. The minimum atomic E-state index is -5.11. The van der Waals surface area contributed by atoms with Crippen molar-refractivity contribution in [2.24, 2.45) is 10.8 Å². The highest BCUT2D eigenvalue weighted by molar-refractivity contribution is 7.53. The van der Waals surface area contributed by atoms with Gasteiger partial charge >= 0.3 is 27.4 Å². The lowest BCUT2D eigenvalue weighted by molar-refractivity contribution is -0.162. The second-order valence-electron chi connectivity index (χ2n) is 16.2. The molecule has 3 fully saturated rings. The number of aromatic nitrogens is 7. The molecule has 3 aliphatic heterocycles. The van der Waals surface area contributed by atoms with E-state index in [0.29, 0.717) is 0 Å². The molecule has 3 saturated heterocycles. The quantitative estimate of drug-likeness (QED) is 0.143. The van der Waals surface area contributed by atoms with E-state index in [4.69, 9.17) is 57.8 Å². The molecule has 0 aromatic carbocycles. The Balaban J connectivity index is 1.25. The van der Waals surface area contributed by atoms with Crippen LogP contribution in [0.1, 0.15) is 54.0 Å². The van der Waals surface area contributed by atoms with E-state index in [1.165, 1.54) is 34.1 Å². The molecule has 334 valence electrons. The smallest absolute Gasteiger partial charge is 0.438 e. The van der Waals surface area contributed by atoms with Crippen LogP contribution in [0.3, 0.4) is 0 Å². The predicted octanol–water partition coefficient (Wildman–Crippen LogP) is 4.11. The number of rotatable bonds is 8. The Hall–Kier alpha value is -4.29. The Morgan fingerprint density at radius 3 is 2.08 bits per heavy atom. The molecule has 23 nitrogen and oxygen atoms in total. The number of nitrogens with two attached hydrogens (primary N) is 2. The summed E-state index contributed by atoms with van der Waals surface area (Å²) in [5.74, 6) is -1.49. The maximum Gasteiger partial charge on any atom is 0.478 e. The van der Waals surface area contributed by atoms with E-state index < -0.39 is 121 Å². The number of carbonyl (C=O) groups is 2. The molecule has 0 saturated carbocycles. The number of phosphoric ester groups is 1. The molecule has 0 amide bonds. The Morgan fingerprint density at radius 2 is 1.39 bits per heavy atom. The van der Waals surface area contributed by atoms with Gasteiger partial charge in [0.25, 0.3) is 0 Å². The highest BCUT2D eigenvalue weighted by atomic mass is 31.2. The molecule has 7 heterocycles. The second kappa shape index (κ2) is 17.1. The van der Waals surface area contributed by atoms with Gasteiger partial charge in [-0.1, -0.05) is 0 Å². The molecule has 61 heavy (non-hydrogen) atoms. The number of esters is 2. The number of pyridine rings is 1. The molecule has 27 heteroatoms. The average molecular weight is 904 g/mol. The summed E-state index contributed by atoms with van der Waals surface area (Å²) >= 11 is 0. The summed E-state index contributed by atoms with van der Waals surface area (Å²) in [5.41, 5.74) is 10.8. The third kappa shape index (κ3) is 9.41. The number of phosphoric acid groups is 1. The molecule has 0 aliphatic carbocycles. The second-order valence-corrected chi connectivity index (χ2v) is 19.8. The van der Waals surface area contributed by atoms with Crippen LogP contribution in [-0.2, 0) is 65.0 Å². The van der Waals surface area contributed by atoms with Crippen LogP contribution in [0, 0.1) is 10.8 Å². The number of anilines is 2. The van der Waals surface area contributed by atoms with Crippen LogP contribution in [0.25, 0.3) is 22.3 Å². The van der Waals surface area contributed by atoms with Gasteiger partial charge < -0.3 is 39.7 Å². The maximum absolute atomic E-state index is 16.8. The van der Waals surface area contributed by atoms with Crippen molar-refractivity contribution in [1.82, 2.24) is 34.1 Å². The van der Waals surface area contributed by atoms with Crippen LogP contribution in [-0.4, -0.2) is 116 Å². The van der Waals surface area contributed by atoms with Gasteiger partial charge in [-0.2, -0.15) is 0 Å². The van der Waals surface area contributed by atoms with E-state index in [2.05, 4.69) is 24.9 Å². The van der Waals surface area contributed by atoms with Crippen LogP contribution in [0.4, 0.5) is 20.3 Å². The van der Waals surface area contributed by atoms with Crippen molar-refractivity contribution in [3.8, 4) is 0 Å². The molecule has 0 spiro atoms. The molecule has 2 bridgehead atoms. The normalized spacial score (nSPS) is 31.5. The summed E-state index contributed by atoms with van der Waals surface area (Å²) in [6.45, 7) is 5.80. The summed E-state index contributed by atoms with van der Waals surface area (Å²) in [5, 5.41) is 0. The number of ether oxygens (including phenoxy) is 5. The molecule has 10 atom stereocenters. The van der Waals surface area contributed by atoms with Crippen LogP contribution in [0.2, 0.25) is 0 Å². The highest BCUT2D eigenvalue weighted by Crippen LogP contribution is 2.56. The fourth-order valence-electron chi connectivity index (χ4n) is 6.24.